The van der Waals surface area contributed by atoms with Crippen molar-refractivity contribution in [3.8, 4) is 0 Å². The molecule has 0 spiro atoms. The predicted octanol–water partition coefficient (Wildman–Crippen LogP) is 2.11. The predicted molar refractivity (Wildman–Crippen MR) is 56.5 cm³/mol. The molecule has 76 valence electrons. The number of ether oxygens (including phenoxy) is 1. The Kier molecular flexibility index (Phi) is 2.46. The largest absolute Gasteiger partial charge is 0.469 e. The first kappa shape index (κ1) is 9.52. The normalized spacial score (nSPS) is 17.5. The number of esters is 1. The van der Waals surface area contributed by atoms with E-state index in [1.807, 2.05) is 17.5 Å². The van der Waals surface area contributed by atoms with E-state index < -0.39 is 0 Å². The molecule has 1 saturated carbocycles. The van der Waals surface area contributed by atoms with Gasteiger partial charge in [0.1, 0.15) is 0 Å². The molecule has 0 saturated heterocycles. The zero-order valence-corrected chi connectivity index (χ0v) is 8.89. The minimum atomic E-state index is -0.237. The van der Waals surface area contributed by atoms with Crippen LogP contribution in [0.3, 0.4) is 0 Å². The van der Waals surface area contributed by atoms with Gasteiger partial charge in [-0.3, -0.25) is 4.79 Å². The standard InChI is InChI=1S/C10H13NO2S/c1-13-9(12)10(4-5-10)7-11-8-3-2-6-14-8/h2-3,6,11H,4-5,7H2,1H3. The fourth-order valence-electron chi connectivity index (χ4n) is 1.46. The van der Waals surface area contributed by atoms with E-state index in [2.05, 4.69) is 5.32 Å². The van der Waals surface area contributed by atoms with Crippen LogP contribution >= 0.6 is 11.3 Å². The lowest BCUT2D eigenvalue weighted by Gasteiger charge is -2.12. The molecule has 0 atom stereocenters. The average molecular weight is 211 g/mol. The van der Waals surface area contributed by atoms with Crippen molar-refractivity contribution in [1.82, 2.24) is 0 Å². The molecule has 1 N–H and O–H groups in total. The zero-order valence-electron chi connectivity index (χ0n) is 8.08. The van der Waals surface area contributed by atoms with Gasteiger partial charge in [-0.25, -0.2) is 0 Å². The first-order valence-corrected chi connectivity index (χ1v) is 5.51. The summed E-state index contributed by atoms with van der Waals surface area (Å²) in [5, 5.41) is 6.39. The topological polar surface area (TPSA) is 38.3 Å². The van der Waals surface area contributed by atoms with E-state index in [0.29, 0.717) is 6.54 Å². The Morgan fingerprint density at radius 3 is 3.00 bits per heavy atom. The number of thiophene rings is 1. The molecule has 2 rings (SSSR count). The van der Waals surface area contributed by atoms with Crippen LogP contribution in [-0.4, -0.2) is 19.6 Å². The molecule has 0 amide bonds. The highest BCUT2D eigenvalue weighted by Gasteiger charge is 2.50. The van der Waals surface area contributed by atoms with Gasteiger partial charge in [0.05, 0.1) is 17.5 Å². The number of hydrogen-bond acceptors (Lipinski definition) is 4. The summed E-state index contributed by atoms with van der Waals surface area (Å²) in [6.45, 7) is 0.695. The summed E-state index contributed by atoms with van der Waals surface area (Å²) in [6.07, 6.45) is 1.89. The lowest BCUT2D eigenvalue weighted by molar-refractivity contribution is -0.146. The Morgan fingerprint density at radius 2 is 2.50 bits per heavy atom. The van der Waals surface area contributed by atoms with Crippen LogP contribution in [0.25, 0.3) is 0 Å². The molecule has 0 aliphatic heterocycles. The van der Waals surface area contributed by atoms with Gasteiger partial charge >= 0.3 is 5.97 Å². The molecular formula is C10H13NO2S. The molecule has 0 unspecified atom stereocenters. The number of hydrogen-bond donors (Lipinski definition) is 1. The smallest absolute Gasteiger partial charge is 0.313 e. The van der Waals surface area contributed by atoms with Gasteiger partial charge in [0.25, 0.3) is 0 Å². The third-order valence-electron chi connectivity index (χ3n) is 2.59. The average Bonchev–Trinajstić information content (AvgIpc) is 2.83. The SMILES string of the molecule is COC(=O)C1(CNc2cccs2)CC1. The molecule has 14 heavy (non-hydrogen) atoms. The molecule has 1 aromatic heterocycles. The van der Waals surface area contributed by atoms with Crippen LogP contribution in [0.1, 0.15) is 12.8 Å². The van der Waals surface area contributed by atoms with E-state index in [9.17, 15) is 4.79 Å². The van der Waals surface area contributed by atoms with Gasteiger partial charge in [0.15, 0.2) is 0 Å². The Hall–Kier alpha value is -1.03. The van der Waals surface area contributed by atoms with E-state index in [-0.39, 0.29) is 11.4 Å². The number of nitrogens with one attached hydrogen (secondary N) is 1. The maximum Gasteiger partial charge on any atom is 0.313 e. The van der Waals surface area contributed by atoms with Crippen LogP contribution in [0.2, 0.25) is 0 Å². The van der Waals surface area contributed by atoms with Crippen molar-refractivity contribution in [2.75, 3.05) is 19.0 Å². The molecule has 1 fully saturated rings. The molecule has 1 heterocycles. The van der Waals surface area contributed by atoms with Crippen molar-refractivity contribution in [2.45, 2.75) is 12.8 Å². The zero-order chi connectivity index (χ0) is 10.0. The summed E-state index contributed by atoms with van der Waals surface area (Å²) in [7, 11) is 1.45. The number of carbonyl (C=O) groups excluding carboxylic acids is 1. The van der Waals surface area contributed by atoms with Crippen molar-refractivity contribution in [1.29, 1.82) is 0 Å². The van der Waals surface area contributed by atoms with Crippen LogP contribution in [0.5, 0.6) is 0 Å². The number of rotatable bonds is 4. The second-order valence-electron chi connectivity index (χ2n) is 3.60. The van der Waals surface area contributed by atoms with Crippen molar-refractivity contribution in [3.05, 3.63) is 17.5 Å². The van der Waals surface area contributed by atoms with Gasteiger partial charge < -0.3 is 10.1 Å². The molecular weight excluding hydrogens is 198 g/mol. The van der Waals surface area contributed by atoms with E-state index in [1.54, 1.807) is 11.3 Å². The highest BCUT2D eigenvalue weighted by Crippen LogP contribution is 2.46. The Bertz CT molecular complexity index is 317. The van der Waals surface area contributed by atoms with Crippen LogP contribution in [0.4, 0.5) is 5.00 Å². The van der Waals surface area contributed by atoms with Crippen molar-refractivity contribution in [3.63, 3.8) is 0 Å². The minimum Gasteiger partial charge on any atom is -0.469 e. The monoisotopic (exact) mass is 211 g/mol. The summed E-state index contributed by atoms with van der Waals surface area (Å²) in [5.41, 5.74) is -0.237. The Morgan fingerprint density at radius 1 is 1.71 bits per heavy atom. The van der Waals surface area contributed by atoms with Crippen LogP contribution < -0.4 is 5.32 Å². The summed E-state index contributed by atoms with van der Waals surface area (Å²) < 4.78 is 4.77. The van der Waals surface area contributed by atoms with E-state index in [4.69, 9.17) is 4.74 Å². The minimum absolute atomic E-state index is 0.0819. The second-order valence-corrected chi connectivity index (χ2v) is 4.55. The molecule has 4 heteroatoms. The summed E-state index contributed by atoms with van der Waals surface area (Å²) in [6, 6.07) is 4.00. The van der Waals surface area contributed by atoms with Gasteiger partial charge in [0.2, 0.25) is 0 Å². The van der Waals surface area contributed by atoms with Gasteiger partial charge in [0, 0.05) is 6.54 Å². The number of carbonyl (C=O) groups is 1. The van der Waals surface area contributed by atoms with Crippen molar-refractivity contribution >= 4 is 22.3 Å². The third-order valence-corrected chi connectivity index (χ3v) is 3.42. The van der Waals surface area contributed by atoms with Crippen molar-refractivity contribution in [2.24, 2.45) is 5.41 Å². The molecule has 0 radical (unpaired) electrons. The third kappa shape index (κ3) is 1.75. The molecule has 0 aromatic carbocycles. The molecule has 1 aliphatic carbocycles. The van der Waals surface area contributed by atoms with E-state index >= 15 is 0 Å². The quantitative estimate of drug-likeness (QED) is 0.775. The molecule has 0 bridgehead atoms. The van der Waals surface area contributed by atoms with Gasteiger partial charge in [-0.1, -0.05) is 0 Å². The van der Waals surface area contributed by atoms with E-state index in [1.165, 1.54) is 7.11 Å². The summed E-state index contributed by atoms with van der Waals surface area (Å²) in [5.74, 6) is -0.0819. The fraction of sp³-hybridized carbons (Fsp3) is 0.500. The highest BCUT2D eigenvalue weighted by molar-refractivity contribution is 7.14. The summed E-state index contributed by atoms with van der Waals surface area (Å²) in [4.78, 5) is 11.4. The number of anilines is 1. The lowest BCUT2D eigenvalue weighted by Crippen LogP contribution is -2.25. The Labute approximate surface area is 87.1 Å². The van der Waals surface area contributed by atoms with Gasteiger partial charge in [-0.05, 0) is 30.4 Å². The Balaban J connectivity index is 1.89. The van der Waals surface area contributed by atoms with Crippen LogP contribution in [0, 0.1) is 5.41 Å². The first-order chi connectivity index (χ1) is 6.77. The maximum absolute atomic E-state index is 11.4. The van der Waals surface area contributed by atoms with E-state index in [0.717, 1.165) is 17.8 Å². The maximum atomic E-state index is 11.4. The molecule has 1 aliphatic rings. The van der Waals surface area contributed by atoms with Gasteiger partial charge in [-0.15, -0.1) is 11.3 Å². The first-order valence-electron chi connectivity index (χ1n) is 4.63. The number of methoxy groups -OCH3 is 1. The van der Waals surface area contributed by atoms with Crippen molar-refractivity contribution < 1.29 is 9.53 Å². The highest BCUT2D eigenvalue weighted by atomic mass is 32.1. The molecule has 1 aromatic rings. The van der Waals surface area contributed by atoms with Crippen LogP contribution in [0.15, 0.2) is 17.5 Å². The lowest BCUT2D eigenvalue weighted by atomic mass is 10.1. The van der Waals surface area contributed by atoms with Crippen LogP contribution in [-0.2, 0) is 9.53 Å². The fourth-order valence-corrected chi connectivity index (χ4v) is 2.07. The summed E-state index contributed by atoms with van der Waals surface area (Å²) >= 11 is 1.65. The second kappa shape index (κ2) is 3.61. The molecule has 3 nitrogen and oxygen atoms in total. The van der Waals surface area contributed by atoms with Gasteiger partial charge in [-0.2, -0.15) is 0 Å².